The number of carbonyl (C=O) groups excluding carboxylic acids is 2. The van der Waals surface area contributed by atoms with Gasteiger partial charge in [0.2, 0.25) is 5.91 Å². The highest BCUT2D eigenvalue weighted by Crippen LogP contribution is 2.45. The molecule has 2 heterocycles. The van der Waals surface area contributed by atoms with Crippen molar-refractivity contribution in [1.29, 1.82) is 0 Å². The number of hydrogen-bond acceptors (Lipinski definition) is 9. The minimum absolute atomic E-state index is 0.0245. The number of benzene rings is 1. The first-order valence-electron chi connectivity index (χ1n) is 11.1. The monoisotopic (exact) mass is 573 g/mol. The van der Waals surface area contributed by atoms with Gasteiger partial charge in [-0.15, -0.1) is 22.7 Å². The molecule has 0 saturated heterocycles. The number of Topliss-reactive ketones (excluding diaryl/α,β-unsaturated/α-hetero) is 1. The van der Waals surface area contributed by atoms with E-state index in [0.29, 0.717) is 31.8 Å². The molecular weight excluding hydrogens is 551 g/mol. The topological polar surface area (TPSA) is 126 Å². The summed E-state index contributed by atoms with van der Waals surface area (Å²) in [6.07, 6.45) is 1.55. The summed E-state index contributed by atoms with van der Waals surface area (Å²) in [7, 11) is -5.45. The quantitative estimate of drug-likeness (QED) is 0.378. The number of sulfone groups is 1. The second-order valence-corrected chi connectivity index (χ2v) is 12.9. The molecule has 14 heteroatoms. The molecule has 0 bridgehead atoms. The van der Waals surface area contributed by atoms with Gasteiger partial charge in [-0.3, -0.25) is 9.59 Å². The van der Waals surface area contributed by atoms with E-state index in [1.54, 1.807) is 5.38 Å². The van der Waals surface area contributed by atoms with Gasteiger partial charge in [-0.25, -0.2) is 18.4 Å². The molecule has 0 aliphatic heterocycles. The molecule has 3 aromatic rings. The number of aliphatic hydroxyl groups is 1. The zero-order valence-corrected chi connectivity index (χ0v) is 21.9. The molecule has 1 aromatic carbocycles. The van der Waals surface area contributed by atoms with Gasteiger partial charge in [-0.1, -0.05) is 19.1 Å². The lowest BCUT2D eigenvalue weighted by Gasteiger charge is -2.09. The van der Waals surface area contributed by atoms with Crippen molar-refractivity contribution in [2.45, 2.75) is 56.2 Å². The van der Waals surface area contributed by atoms with Crippen molar-refractivity contribution in [2.75, 3.05) is 0 Å². The molecule has 2 N–H and O–H groups in total. The molecule has 2 aromatic heterocycles. The van der Waals surface area contributed by atoms with Crippen LogP contribution in [0, 0.1) is 5.41 Å². The van der Waals surface area contributed by atoms with E-state index in [1.165, 1.54) is 34.8 Å². The van der Waals surface area contributed by atoms with Crippen LogP contribution in [0.15, 0.2) is 34.5 Å². The Morgan fingerprint density at radius 3 is 2.38 bits per heavy atom. The highest BCUT2D eigenvalue weighted by Gasteiger charge is 2.47. The lowest BCUT2D eigenvalue weighted by Crippen LogP contribution is -2.30. The van der Waals surface area contributed by atoms with Crippen LogP contribution >= 0.6 is 22.7 Å². The molecule has 1 aliphatic rings. The Labute approximate surface area is 218 Å². The molecule has 0 unspecified atom stereocenters. The Hall–Kier alpha value is -2.68. The molecule has 37 heavy (non-hydrogen) atoms. The SMILES string of the molecule is CC1(C(=O)NCc2nc(CO)sc2-c2csc(CC(=O)Cc3ccc(S(=O)(=O)C(F)(F)F)cc3)n2)CC1. The minimum atomic E-state index is -5.45. The van der Waals surface area contributed by atoms with E-state index < -0.39 is 20.2 Å². The van der Waals surface area contributed by atoms with Crippen molar-refractivity contribution in [1.82, 2.24) is 15.3 Å². The summed E-state index contributed by atoms with van der Waals surface area (Å²) in [5.74, 6) is -0.302. The van der Waals surface area contributed by atoms with E-state index in [2.05, 4.69) is 15.3 Å². The Kier molecular flexibility index (Phi) is 7.57. The van der Waals surface area contributed by atoms with Gasteiger partial charge in [-0.2, -0.15) is 13.2 Å². The van der Waals surface area contributed by atoms with Crippen molar-refractivity contribution in [3.63, 3.8) is 0 Å². The number of carbonyl (C=O) groups is 2. The van der Waals surface area contributed by atoms with Gasteiger partial charge in [0.05, 0.1) is 40.7 Å². The van der Waals surface area contributed by atoms with E-state index in [0.717, 1.165) is 25.0 Å². The van der Waals surface area contributed by atoms with E-state index >= 15 is 0 Å². The zero-order chi connectivity index (χ0) is 27.0. The number of halogens is 3. The summed E-state index contributed by atoms with van der Waals surface area (Å²) in [6, 6.07) is 4.03. The number of aromatic nitrogens is 2. The fourth-order valence-corrected chi connectivity index (χ4v) is 6.01. The summed E-state index contributed by atoms with van der Waals surface area (Å²) in [5.41, 5.74) is -4.22. The van der Waals surface area contributed by atoms with E-state index in [1.807, 2.05) is 6.92 Å². The van der Waals surface area contributed by atoms with Crippen molar-refractivity contribution in [2.24, 2.45) is 5.41 Å². The van der Waals surface area contributed by atoms with Crippen LogP contribution in [0.25, 0.3) is 10.6 Å². The third-order valence-electron chi connectivity index (χ3n) is 5.91. The van der Waals surface area contributed by atoms with Crippen LogP contribution in [-0.2, 0) is 45.4 Å². The fourth-order valence-electron chi connectivity index (χ4n) is 3.46. The second-order valence-electron chi connectivity index (χ2n) is 8.90. The van der Waals surface area contributed by atoms with Crippen LogP contribution in [0.1, 0.15) is 41.0 Å². The average molecular weight is 574 g/mol. The van der Waals surface area contributed by atoms with Crippen LogP contribution in [0.2, 0.25) is 0 Å². The summed E-state index contributed by atoms with van der Waals surface area (Å²) in [5, 5.41) is 15.1. The number of ketones is 1. The maximum absolute atomic E-state index is 12.7. The molecule has 1 saturated carbocycles. The first-order chi connectivity index (χ1) is 17.3. The average Bonchev–Trinajstić information content (AvgIpc) is 3.24. The molecule has 1 fully saturated rings. The first-order valence-corrected chi connectivity index (χ1v) is 14.2. The van der Waals surface area contributed by atoms with E-state index in [9.17, 15) is 36.3 Å². The summed E-state index contributed by atoms with van der Waals surface area (Å²) < 4.78 is 61.0. The lowest BCUT2D eigenvalue weighted by molar-refractivity contribution is -0.126. The molecule has 8 nitrogen and oxygen atoms in total. The third kappa shape index (κ3) is 6.08. The van der Waals surface area contributed by atoms with E-state index in [-0.39, 0.29) is 43.1 Å². The third-order valence-corrected chi connectivity index (χ3v) is 9.37. The number of amides is 1. The number of thiazole rings is 2. The molecule has 0 spiro atoms. The van der Waals surface area contributed by atoms with Gasteiger partial charge in [0, 0.05) is 17.2 Å². The van der Waals surface area contributed by atoms with Crippen molar-refractivity contribution < 1.29 is 36.3 Å². The second kappa shape index (κ2) is 10.2. The number of nitrogens with one attached hydrogen (secondary N) is 1. The fraction of sp³-hybridized carbons (Fsp3) is 0.391. The number of hydrogen-bond donors (Lipinski definition) is 2. The van der Waals surface area contributed by atoms with Gasteiger partial charge in [-0.05, 0) is 30.5 Å². The molecule has 0 radical (unpaired) electrons. The maximum atomic E-state index is 12.7. The number of rotatable bonds is 10. The Bertz CT molecular complexity index is 1430. The summed E-state index contributed by atoms with van der Waals surface area (Å²) in [4.78, 5) is 33.5. The van der Waals surface area contributed by atoms with Gasteiger partial charge >= 0.3 is 5.51 Å². The molecule has 4 rings (SSSR count). The highest BCUT2D eigenvalue weighted by atomic mass is 32.2. The van der Waals surface area contributed by atoms with Gasteiger partial charge in [0.15, 0.2) is 0 Å². The maximum Gasteiger partial charge on any atom is 0.501 e. The molecule has 198 valence electrons. The van der Waals surface area contributed by atoms with Gasteiger partial charge in [0.1, 0.15) is 15.8 Å². The predicted molar refractivity (Wildman–Crippen MR) is 130 cm³/mol. The van der Waals surface area contributed by atoms with Crippen LogP contribution < -0.4 is 5.32 Å². The minimum Gasteiger partial charge on any atom is -0.389 e. The Morgan fingerprint density at radius 1 is 1.11 bits per heavy atom. The van der Waals surface area contributed by atoms with Crippen LogP contribution in [0.3, 0.4) is 0 Å². The smallest absolute Gasteiger partial charge is 0.389 e. The van der Waals surface area contributed by atoms with E-state index in [4.69, 9.17) is 0 Å². The molecule has 0 atom stereocenters. The van der Waals surface area contributed by atoms with Crippen molar-refractivity contribution >= 4 is 44.2 Å². The molecule has 1 aliphatic carbocycles. The summed E-state index contributed by atoms with van der Waals surface area (Å²) >= 11 is 2.49. The normalized spacial score (nSPS) is 14.9. The largest absolute Gasteiger partial charge is 0.501 e. The molecule has 1 amide bonds. The van der Waals surface area contributed by atoms with Crippen molar-refractivity contribution in [3.8, 4) is 10.6 Å². The first kappa shape index (κ1) is 27.4. The van der Waals surface area contributed by atoms with Crippen molar-refractivity contribution in [3.05, 3.63) is 50.9 Å². The standard InChI is InChI=1S/C23H22F3N3O5S3/c1-22(6-7-22)21(32)27-10-16-20(36-19(11-30)28-16)17-12-35-18(29-17)9-14(31)8-13-2-4-15(5-3-13)37(33,34)23(24,25)26/h2-5,12,30H,6-11H2,1H3,(H,27,32). The molecular formula is C23H22F3N3O5S3. The highest BCUT2D eigenvalue weighted by molar-refractivity contribution is 7.92. The summed E-state index contributed by atoms with van der Waals surface area (Å²) in [6.45, 7) is 1.82. The Balaban J connectivity index is 1.41. The Morgan fingerprint density at radius 2 is 1.78 bits per heavy atom. The van der Waals surface area contributed by atoms with Gasteiger partial charge < -0.3 is 10.4 Å². The van der Waals surface area contributed by atoms with Gasteiger partial charge in [0.25, 0.3) is 9.84 Å². The van der Waals surface area contributed by atoms with Crippen LogP contribution in [-0.4, -0.2) is 40.7 Å². The lowest BCUT2D eigenvalue weighted by atomic mass is 10.1. The van der Waals surface area contributed by atoms with Crippen LogP contribution in [0.4, 0.5) is 13.2 Å². The predicted octanol–water partition coefficient (Wildman–Crippen LogP) is 3.82. The number of nitrogens with zero attached hydrogens (tertiary/aromatic N) is 2. The van der Waals surface area contributed by atoms with Crippen LogP contribution in [0.5, 0.6) is 0 Å². The zero-order valence-electron chi connectivity index (χ0n) is 19.5. The number of alkyl halides is 3. The number of aliphatic hydroxyl groups excluding tert-OH is 1.